The fraction of sp³-hybridized carbons (Fsp3) is 0.588. The van der Waals surface area contributed by atoms with Gasteiger partial charge in [0.25, 0.3) is 0 Å². The highest BCUT2D eigenvalue weighted by molar-refractivity contribution is 7.88. The fourth-order valence-electron chi connectivity index (χ4n) is 4.32. The molecule has 0 aliphatic carbocycles. The first kappa shape index (κ1) is 18.3. The molecular formula is C17H25N3O4S. The summed E-state index contributed by atoms with van der Waals surface area (Å²) >= 11 is 0. The number of sulfonamides is 1. The van der Waals surface area contributed by atoms with Crippen molar-refractivity contribution in [2.24, 2.45) is 0 Å². The molecule has 2 aliphatic rings. The second kappa shape index (κ2) is 6.35. The van der Waals surface area contributed by atoms with Crippen molar-refractivity contribution in [3.05, 3.63) is 35.9 Å². The maximum absolute atomic E-state index is 12.3. The standard InChI is InChI=1S/C17H25N3O4S/c1-18(2)9-15(22)19-11-17(12-19)16(13-7-5-4-6-8-13)14(10-21)20(17)25(3,23)24/h4-8,14,16,21H,9-12H2,1-3H3/t14-,16-/m1/s1. The first-order chi connectivity index (χ1) is 11.7. The average molecular weight is 367 g/mol. The molecule has 2 aliphatic heterocycles. The molecule has 0 radical (unpaired) electrons. The van der Waals surface area contributed by atoms with Crippen molar-refractivity contribution >= 4 is 15.9 Å². The lowest BCUT2D eigenvalue weighted by Gasteiger charge is -2.69. The minimum absolute atomic E-state index is 0.0108. The summed E-state index contributed by atoms with van der Waals surface area (Å²) in [5, 5.41) is 9.80. The lowest BCUT2D eigenvalue weighted by atomic mass is 9.63. The zero-order valence-corrected chi connectivity index (χ0v) is 15.6. The molecule has 0 saturated carbocycles. The molecule has 1 spiro atoms. The molecule has 1 N–H and O–H groups in total. The van der Waals surface area contributed by atoms with Gasteiger partial charge < -0.3 is 14.9 Å². The van der Waals surface area contributed by atoms with Crippen LogP contribution >= 0.6 is 0 Å². The number of aliphatic hydroxyl groups is 1. The van der Waals surface area contributed by atoms with Crippen molar-refractivity contribution in [1.82, 2.24) is 14.1 Å². The van der Waals surface area contributed by atoms with Crippen molar-refractivity contribution in [1.29, 1.82) is 0 Å². The van der Waals surface area contributed by atoms with E-state index >= 15 is 0 Å². The maximum Gasteiger partial charge on any atom is 0.236 e. The smallest absolute Gasteiger partial charge is 0.236 e. The van der Waals surface area contributed by atoms with E-state index in [2.05, 4.69) is 0 Å². The highest BCUT2D eigenvalue weighted by Crippen LogP contribution is 2.54. The number of carbonyl (C=O) groups excluding carboxylic acids is 1. The molecule has 8 heteroatoms. The minimum Gasteiger partial charge on any atom is -0.395 e. The van der Waals surface area contributed by atoms with Crippen LogP contribution in [0.1, 0.15) is 11.5 Å². The van der Waals surface area contributed by atoms with E-state index < -0.39 is 21.6 Å². The van der Waals surface area contributed by atoms with Crippen LogP contribution in [0.2, 0.25) is 0 Å². The second-order valence-electron chi connectivity index (χ2n) is 7.29. The van der Waals surface area contributed by atoms with Gasteiger partial charge in [-0.25, -0.2) is 8.42 Å². The Morgan fingerprint density at radius 1 is 1.28 bits per heavy atom. The second-order valence-corrected chi connectivity index (χ2v) is 9.15. The van der Waals surface area contributed by atoms with E-state index in [1.54, 1.807) is 9.80 Å². The third-order valence-corrected chi connectivity index (χ3v) is 6.49. The van der Waals surface area contributed by atoms with Gasteiger partial charge in [-0.05, 0) is 19.7 Å². The predicted molar refractivity (Wildman–Crippen MR) is 94.6 cm³/mol. The molecular weight excluding hydrogens is 342 g/mol. The molecule has 1 aromatic rings. The summed E-state index contributed by atoms with van der Waals surface area (Å²) in [5.41, 5.74) is 0.353. The third kappa shape index (κ3) is 2.97. The number of rotatable bonds is 5. The van der Waals surface area contributed by atoms with E-state index in [1.165, 1.54) is 10.6 Å². The zero-order chi connectivity index (χ0) is 18.4. The van der Waals surface area contributed by atoms with Gasteiger partial charge >= 0.3 is 0 Å². The number of amides is 1. The Kier molecular flexibility index (Phi) is 4.65. The van der Waals surface area contributed by atoms with Crippen LogP contribution in [0, 0.1) is 0 Å². The van der Waals surface area contributed by atoms with Gasteiger partial charge in [0, 0.05) is 19.0 Å². The number of likely N-dealkylation sites (N-methyl/N-ethyl adjacent to an activating group) is 1. The van der Waals surface area contributed by atoms with Gasteiger partial charge in [0.2, 0.25) is 15.9 Å². The van der Waals surface area contributed by atoms with Crippen LogP contribution in [-0.2, 0) is 14.8 Å². The molecule has 2 atom stereocenters. The van der Waals surface area contributed by atoms with Crippen molar-refractivity contribution in [3.8, 4) is 0 Å². The number of nitrogens with zero attached hydrogens (tertiary/aromatic N) is 3. The van der Waals surface area contributed by atoms with Gasteiger partial charge in [-0.2, -0.15) is 4.31 Å². The van der Waals surface area contributed by atoms with Gasteiger partial charge in [0.05, 0.1) is 31.0 Å². The Hall–Kier alpha value is -1.48. The summed E-state index contributed by atoms with van der Waals surface area (Å²) in [6.07, 6.45) is 1.17. The first-order valence-electron chi connectivity index (χ1n) is 8.28. The largest absolute Gasteiger partial charge is 0.395 e. The molecule has 25 heavy (non-hydrogen) atoms. The van der Waals surface area contributed by atoms with E-state index in [0.29, 0.717) is 19.6 Å². The Morgan fingerprint density at radius 3 is 2.36 bits per heavy atom. The Morgan fingerprint density at radius 2 is 1.88 bits per heavy atom. The molecule has 2 saturated heterocycles. The summed E-state index contributed by atoms with van der Waals surface area (Å²) in [6.45, 7) is 0.792. The summed E-state index contributed by atoms with van der Waals surface area (Å²) in [6, 6.07) is 9.16. The topological polar surface area (TPSA) is 81.2 Å². The molecule has 138 valence electrons. The van der Waals surface area contributed by atoms with Crippen molar-refractivity contribution in [3.63, 3.8) is 0 Å². The minimum atomic E-state index is -3.48. The van der Waals surface area contributed by atoms with E-state index in [9.17, 15) is 18.3 Å². The lowest BCUT2D eigenvalue weighted by Crippen LogP contribution is -2.85. The molecule has 0 bridgehead atoms. The number of carbonyl (C=O) groups is 1. The van der Waals surface area contributed by atoms with Gasteiger partial charge in [-0.15, -0.1) is 0 Å². The number of aliphatic hydroxyl groups excluding tert-OH is 1. The van der Waals surface area contributed by atoms with Gasteiger partial charge in [0.15, 0.2) is 0 Å². The monoisotopic (exact) mass is 367 g/mol. The number of hydrogen-bond donors (Lipinski definition) is 1. The quantitative estimate of drug-likeness (QED) is 0.762. The SMILES string of the molecule is CN(C)CC(=O)N1CC2(C1)[C@H](c1ccccc1)[C@@H](CO)N2S(C)(=O)=O. The lowest BCUT2D eigenvalue weighted by molar-refractivity contribution is -0.167. The molecule has 1 amide bonds. The Labute approximate surface area is 148 Å². The molecule has 2 fully saturated rings. The Bertz CT molecular complexity index is 744. The molecule has 3 rings (SSSR count). The van der Waals surface area contributed by atoms with Crippen LogP contribution in [0.3, 0.4) is 0 Å². The first-order valence-corrected chi connectivity index (χ1v) is 10.1. The fourth-order valence-corrected chi connectivity index (χ4v) is 5.89. The summed E-state index contributed by atoms with van der Waals surface area (Å²) in [4.78, 5) is 15.8. The number of benzene rings is 1. The molecule has 0 aromatic heterocycles. The summed E-state index contributed by atoms with van der Waals surface area (Å²) in [5.74, 6) is -0.125. The molecule has 7 nitrogen and oxygen atoms in total. The number of hydrogen-bond acceptors (Lipinski definition) is 5. The van der Waals surface area contributed by atoms with Gasteiger partial charge in [-0.3, -0.25) is 4.79 Å². The van der Waals surface area contributed by atoms with E-state index in [-0.39, 0.29) is 18.4 Å². The number of likely N-dealkylation sites (tertiary alicyclic amines) is 1. The predicted octanol–water partition coefficient (Wildman–Crippen LogP) is -0.451. The molecule has 1 aromatic carbocycles. The van der Waals surface area contributed by atoms with Crippen LogP contribution in [-0.4, -0.2) is 91.7 Å². The summed E-state index contributed by atoms with van der Waals surface area (Å²) < 4.78 is 26.1. The van der Waals surface area contributed by atoms with Crippen LogP contribution in [0.15, 0.2) is 30.3 Å². The average Bonchev–Trinajstić information content (AvgIpc) is 2.43. The van der Waals surface area contributed by atoms with E-state index in [4.69, 9.17) is 0 Å². The van der Waals surface area contributed by atoms with Crippen molar-refractivity contribution in [2.45, 2.75) is 17.5 Å². The van der Waals surface area contributed by atoms with E-state index in [0.717, 1.165) is 5.56 Å². The van der Waals surface area contributed by atoms with Crippen LogP contribution in [0.5, 0.6) is 0 Å². The molecule has 0 unspecified atom stereocenters. The maximum atomic E-state index is 12.3. The van der Waals surface area contributed by atoms with Crippen LogP contribution in [0.25, 0.3) is 0 Å². The third-order valence-electron chi connectivity index (χ3n) is 5.14. The molecule has 2 heterocycles. The highest BCUT2D eigenvalue weighted by Gasteiger charge is 2.69. The summed E-state index contributed by atoms with van der Waals surface area (Å²) in [7, 11) is 0.171. The van der Waals surface area contributed by atoms with E-state index in [1.807, 2.05) is 44.4 Å². The highest BCUT2D eigenvalue weighted by atomic mass is 32.2. The zero-order valence-electron chi connectivity index (χ0n) is 14.8. The van der Waals surface area contributed by atoms with Gasteiger partial charge in [0.1, 0.15) is 0 Å². The van der Waals surface area contributed by atoms with Crippen LogP contribution < -0.4 is 0 Å². The Balaban J connectivity index is 1.90. The van der Waals surface area contributed by atoms with Gasteiger partial charge in [-0.1, -0.05) is 30.3 Å². The van der Waals surface area contributed by atoms with Crippen LogP contribution in [0.4, 0.5) is 0 Å². The normalized spacial score (nSPS) is 25.7. The van der Waals surface area contributed by atoms with Crippen molar-refractivity contribution in [2.75, 3.05) is 46.6 Å². The van der Waals surface area contributed by atoms with Crippen molar-refractivity contribution < 1.29 is 18.3 Å².